The Bertz CT molecular complexity index is 742. The van der Waals surface area contributed by atoms with Crippen molar-refractivity contribution in [3.8, 4) is 11.5 Å². The molecule has 2 rings (SSSR count). The summed E-state index contributed by atoms with van der Waals surface area (Å²) in [6.45, 7) is 3.37. The lowest BCUT2D eigenvalue weighted by atomic mass is 10.1. The highest BCUT2D eigenvalue weighted by Crippen LogP contribution is 2.21. The fourth-order valence-electron chi connectivity index (χ4n) is 1.92. The molecule has 0 aliphatic heterocycles. The molecule has 1 amide bonds. The van der Waals surface area contributed by atoms with Crippen molar-refractivity contribution in [2.75, 3.05) is 6.61 Å². The van der Waals surface area contributed by atoms with Crippen molar-refractivity contribution in [2.45, 2.75) is 6.42 Å². The molecule has 0 radical (unpaired) electrons. The zero-order chi connectivity index (χ0) is 17.4. The van der Waals surface area contributed by atoms with Crippen molar-refractivity contribution < 1.29 is 19.0 Å². The summed E-state index contributed by atoms with van der Waals surface area (Å²) in [5.74, 6) is -0.379. The van der Waals surface area contributed by atoms with Crippen LogP contribution < -0.4 is 10.2 Å². The van der Waals surface area contributed by atoms with E-state index in [0.717, 1.165) is 5.56 Å². The van der Waals surface area contributed by atoms with Crippen molar-refractivity contribution in [3.05, 3.63) is 72.1 Å². The number of rotatable bonds is 7. The fraction of sp³-hybridized carbons (Fsp3) is 0.111. The Kier molecular flexibility index (Phi) is 6.08. The van der Waals surface area contributed by atoms with Gasteiger partial charge in [-0.25, -0.2) is 9.82 Å². The second-order valence-electron chi connectivity index (χ2n) is 4.88. The molecule has 24 heavy (non-hydrogen) atoms. The number of para-hydroxylation sites is 1. The number of carbonyl (C=O) groups is 1. The van der Waals surface area contributed by atoms with E-state index in [-0.39, 0.29) is 18.2 Å². The molecule has 0 atom stereocenters. The van der Waals surface area contributed by atoms with Gasteiger partial charge in [-0.05, 0) is 42.3 Å². The standard InChI is InChI=1S/C18H17FN2O3/c1-2-4-13-5-3-6-14(18(13)23)11-20-21-17(22)12-24-16-9-7-15(19)8-10-16/h2-3,5-11,23H,1,4,12H2,(H,21,22). The van der Waals surface area contributed by atoms with Crippen LogP contribution in [0.15, 0.2) is 60.2 Å². The number of hydrogen-bond acceptors (Lipinski definition) is 4. The van der Waals surface area contributed by atoms with Crippen LogP contribution in [0.2, 0.25) is 0 Å². The van der Waals surface area contributed by atoms with Gasteiger partial charge in [0.2, 0.25) is 0 Å². The lowest BCUT2D eigenvalue weighted by Gasteiger charge is -2.05. The van der Waals surface area contributed by atoms with E-state index in [1.54, 1.807) is 24.3 Å². The molecular formula is C18H17FN2O3. The van der Waals surface area contributed by atoms with Crippen LogP contribution >= 0.6 is 0 Å². The Labute approximate surface area is 139 Å². The zero-order valence-corrected chi connectivity index (χ0v) is 12.9. The number of halogens is 1. The Morgan fingerprint density at radius 2 is 2.04 bits per heavy atom. The van der Waals surface area contributed by atoms with Crippen LogP contribution in [0.4, 0.5) is 4.39 Å². The average Bonchev–Trinajstić information content (AvgIpc) is 2.58. The first-order valence-corrected chi connectivity index (χ1v) is 7.22. The molecule has 0 heterocycles. The highest BCUT2D eigenvalue weighted by Gasteiger charge is 2.05. The normalized spacial score (nSPS) is 10.5. The Morgan fingerprint density at radius 3 is 2.75 bits per heavy atom. The maximum Gasteiger partial charge on any atom is 0.277 e. The molecule has 2 N–H and O–H groups in total. The number of amides is 1. The number of nitrogens with one attached hydrogen (secondary N) is 1. The van der Waals surface area contributed by atoms with Gasteiger partial charge >= 0.3 is 0 Å². The molecule has 0 unspecified atom stereocenters. The SMILES string of the molecule is C=CCc1cccc(C=NNC(=O)COc2ccc(F)cc2)c1O. The van der Waals surface area contributed by atoms with Gasteiger partial charge in [-0.2, -0.15) is 5.10 Å². The van der Waals surface area contributed by atoms with Crippen LogP contribution in [0.25, 0.3) is 0 Å². The minimum absolute atomic E-state index is 0.0953. The summed E-state index contributed by atoms with van der Waals surface area (Å²) in [6.07, 6.45) is 3.56. The predicted octanol–water partition coefficient (Wildman–Crippen LogP) is 2.79. The summed E-state index contributed by atoms with van der Waals surface area (Å²) >= 11 is 0. The summed E-state index contributed by atoms with van der Waals surface area (Å²) in [7, 11) is 0. The average molecular weight is 328 g/mol. The fourth-order valence-corrected chi connectivity index (χ4v) is 1.92. The van der Waals surface area contributed by atoms with Crippen LogP contribution in [0, 0.1) is 5.82 Å². The van der Waals surface area contributed by atoms with E-state index in [4.69, 9.17) is 4.74 Å². The van der Waals surface area contributed by atoms with Gasteiger partial charge in [0, 0.05) is 5.56 Å². The van der Waals surface area contributed by atoms with Gasteiger partial charge in [0.25, 0.3) is 5.91 Å². The van der Waals surface area contributed by atoms with Crippen LogP contribution in [0.1, 0.15) is 11.1 Å². The molecular weight excluding hydrogens is 311 g/mol. The van der Waals surface area contributed by atoms with Crippen LogP contribution in [0.5, 0.6) is 11.5 Å². The van der Waals surface area contributed by atoms with E-state index in [0.29, 0.717) is 17.7 Å². The van der Waals surface area contributed by atoms with Gasteiger partial charge in [-0.3, -0.25) is 4.79 Å². The maximum atomic E-state index is 12.7. The number of benzene rings is 2. The molecule has 0 spiro atoms. The molecule has 124 valence electrons. The quantitative estimate of drug-likeness (QED) is 0.466. The van der Waals surface area contributed by atoms with Crippen molar-refractivity contribution in [3.63, 3.8) is 0 Å². The van der Waals surface area contributed by atoms with Gasteiger partial charge in [-0.15, -0.1) is 6.58 Å². The van der Waals surface area contributed by atoms with Gasteiger partial charge in [0.15, 0.2) is 6.61 Å². The molecule has 0 bridgehead atoms. The Morgan fingerprint density at radius 1 is 1.29 bits per heavy atom. The van der Waals surface area contributed by atoms with Crippen LogP contribution in [-0.2, 0) is 11.2 Å². The van der Waals surface area contributed by atoms with E-state index < -0.39 is 5.91 Å². The number of aromatic hydroxyl groups is 1. The third-order valence-corrected chi connectivity index (χ3v) is 3.09. The summed E-state index contributed by atoms with van der Waals surface area (Å²) in [5, 5.41) is 13.8. The van der Waals surface area contributed by atoms with Gasteiger partial charge in [0.05, 0.1) is 6.21 Å². The van der Waals surface area contributed by atoms with Crippen molar-refractivity contribution >= 4 is 12.1 Å². The van der Waals surface area contributed by atoms with Gasteiger partial charge in [0.1, 0.15) is 17.3 Å². The summed E-state index contributed by atoms with van der Waals surface area (Å²) in [6, 6.07) is 10.6. The number of phenolic OH excluding ortho intramolecular Hbond substituents is 1. The molecule has 0 saturated heterocycles. The third-order valence-electron chi connectivity index (χ3n) is 3.09. The number of nitrogens with zero attached hydrogens (tertiary/aromatic N) is 1. The van der Waals surface area contributed by atoms with E-state index >= 15 is 0 Å². The number of hydrogen-bond donors (Lipinski definition) is 2. The van der Waals surface area contributed by atoms with Crippen molar-refractivity contribution in [2.24, 2.45) is 5.10 Å². The molecule has 6 heteroatoms. The first kappa shape index (κ1) is 17.2. The molecule has 0 aliphatic rings. The lowest BCUT2D eigenvalue weighted by Crippen LogP contribution is -2.24. The molecule has 0 saturated carbocycles. The Hall–Kier alpha value is -3.15. The number of phenols is 1. The highest BCUT2D eigenvalue weighted by molar-refractivity contribution is 5.86. The summed E-state index contributed by atoms with van der Waals surface area (Å²) in [5.41, 5.74) is 3.49. The van der Waals surface area contributed by atoms with Crippen LogP contribution in [0.3, 0.4) is 0 Å². The lowest BCUT2D eigenvalue weighted by molar-refractivity contribution is -0.123. The smallest absolute Gasteiger partial charge is 0.277 e. The molecule has 0 aliphatic carbocycles. The van der Waals surface area contributed by atoms with Crippen molar-refractivity contribution in [1.82, 2.24) is 5.43 Å². The first-order valence-electron chi connectivity index (χ1n) is 7.22. The van der Waals surface area contributed by atoms with E-state index in [9.17, 15) is 14.3 Å². The van der Waals surface area contributed by atoms with E-state index in [2.05, 4.69) is 17.1 Å². The minimum Gasteiger partial charge on any atom is -0.507 e. The second kappa shape index (κ2) is 8.47. The maximum absolute atomic E-state index is 12.7. The van der Waals surface area contributed by atoms with Gasteiger partial charge in [-0.1, -0.05) is 18.2 Å². The molecule has 0 aromatic heterocycles. The zero-order valence-electron chi connectivity index (χ0n) is 12.9. The molecule has 5 nitrogen and oxygen atoms in total. The topological polar surface area (TPSA) is 70.9 Å². The summed E-state index contributed by atoms with van der Waals surface area (Å²) < 4.78 is 17.9. The number of carbonyl (C=O) groups excluding carboxylic acids is 1. The number of allylic oxidation sites excluding steroid dienone is 1. The second-order valence-corrected chi connectivity index (χ2v) is 4.88. The number of ether oxygens (including phenoxy) is 1. The first-order chi connectivity index (χ1) is 11.6. The third kappa shape index (κ3) is 4.95. The predicted molar refractivity (Wildman–Crippen MR) is 89.6 cm³/mol. The van der Waals surface area contributed by atoms with Gasteiger partial charge < -0.3 is 9.84 Å². The molecule has 2 aromatic rings. The monoisotopic (exact) mass is 328 g/mol. The molecule has 2 aromatic carbocycles. The van der Waals surface area contributed by atoms with Crippen LogP contribution in [-0.4, -0.2) is 23.8 Å². The van der Waals surface area contributed by atoms with E-state index in [1.165, 1.54) is 30.5 Å². The largest absolute Gasteiger partial charge is 0.507 e. The highest BCUT2D eigenvalue weighted by atomic mass is 19.1. The van der Waals surface area contributed by atoms with E-state index in [1.807, 2.05) is 0 Å². The van der Waals surface area contributed by atoms with Crippen molar-refractivity contribution in [1.29, 1.82) is 0 Å². The minimum atomic E-state index is -0.475. The summed E-state index contributed by atoms with van der Waals surface area (Å²) in [4.78, 5) is 11.6. The number of hydrazone groups is 1. The molecule has 0 fully saturated rings. The Balaban J connectivity index is 1.87.